The van der Waals surface area contributed by atoms with E-state index < -0.39 is 11.4 Å². The van der Waals surface area contributed by atoms with Crippen molar-refractivity contribution in [3.63, 3.8) is 0 Å². The van der Waals surface area contributed by atoms with E-state index in [4.69, 9.17) is 44.0 Å². The number of aryl methyl sites for hydroxylation is 1. The summed E-state index contributed by atoms with van der Waals surface area (Å²) < 4.78 is 11.4. The lowest BCUT2D eigenvalue weighted by molar-refractivity contribution is -0.129. The van der Waals surface area contributed by atoms with Gasteiger partial charge >= 0.3 is 5.97 Å². The highest BCUT2D eigenvalue weighted by Crippen LogP contribution is 2.35. The largest absolute Gasteiger partial charge is 0.450 e. The fraction of sp³-hybridized carbons (Fsp3) is 0.0400. The first kappa shape index (κ1) is 22.2. The Morgan fingerprint density at radius 2 is 1.69 bits per heavy atom. The number of esters is 1. The first-order valence-corrected chi connectivity index (χ1v) is 10.6. The van der Waals surface area contributed by atoms with Gasteiger partial charge in [-0.05, 0) is 36.8 Å². The standard InChI is InChI=1S/C25H15Cl3O4/c1-14-6-8-16(9-7-14)23-25(22(30)18-12-17(26)13-20(28)24(18)32-23)31-21(29)11-10-15-4-2-3-5-19(15)27/h2-13H,1H3/b11-10+. The fourth-order valence-corrected chi connectivity index (χ4v) is 3.83. The van der Waals surface area contributed by atoms with Gasteiger partial charge in [-0.1, -0.05) is 82.8 Å². The molecular formula is C25H15Cl3O4. The summed E-state index contributed by atoms with van der Waals surface area (Å²) in [5.41, 5.74) is 1.80. The quantitative estimate of drug-likeness (QED) is 0.224. The molecule has 0 spiro atoms. The second-order valence-electron chi connectivity index (χ2n) is 7.00. The van der Waals surface area contributed by atoms with Crippen LogP contribution in [-0.4, -0.2) is 5.97 Å². The van der Waals surface area contributed by atoms with Gasteiger partial charge in [0.2, 0.25) is 11.2 Å². The minimum absolute atomic E-state index is 0.0891. The minimum atomic E-state index is -0.766. The van der Waals surface area contributed by atoms with Crippen molar-refractivity contribution in [2.75, 3.05) is 0 Å². The molecule has 0 amide bonds. The molecule has 0 radical (unpaired) electrons. The topological polar surface area (TPSA) is 56.5 Å². The molecule has 0 atom stereocenters. The summed E-state index contributed by atoms with van der Waals surface area (Å²) in [7, 11) is 0. The van der Waals surface area contributed by atoms with E-state index in [2.05, 4.69) is 0 Å². The summed E-state index contributed by atoms with van der Waals surface area (Å²) in [6.45, 7) is 1.93. The predicted octanol–water partition coefficient (Wildman–Crippen LogP) is 7.35. The molecule has 4 rings (SSSR count). The molecule has 0 aliphatic heterocycles. The van der Waals surface area contributed by atoms with Crippen molar-refractivity contribution in [3.8, 4) is 17.1 Å². The third-order valence-electron chi connectivity index (χ3n) is 4.69. The van der Waals surface area contributed by atoms with Crippen LogP contribution in [0.4, 0.5) is 0 Å². The average molecular weight is 486 g/mol. The normalized spacial score (nSPS) is 11.2. The summed E-state index contributed by atoms with van der Waals surface area (Å²) >= 11 is 18.4. The Balaban J connectivity index is 1.83. The van der Waals surface area contributed by atoms with E-state index in [1.807, 2.05) is 19.1 Å². The smallest absolute Gasteiger partial charge is 0.336 e. The Labute approximate surface area is 198 Å². The SMILES string of the molecule is Cc1ccc(-c2oc3c(Cl)cc(Cl)cc3c(=O)c2OC(=O)/C=C/c2ccccc2Cl)cc1. The number of hydrogen-bond donors (Lipinski definition) is 0. The van der Waals surface area contributed by atoms with E-state index in [0.29, 0.717) is 16.1 Å². The van der Waals surface area contributed by atoms with Gasteiger partial charge in [0.1, 0.15) is 0 Å². The third-order valence-corrected chi connectivity index (χ3v) is 5.53. The number of rotatable bonds is 4. The van der Waals surface area contributed by atoms with E-state index in [-0.39, 0.29) is 32.5 Å². The van der Waals surface area contributed by atoms with Crippen molar-refractivity contribution < 1.29 is 13.9 Å². The van der Waals surface area contributed by atoms with Crippen molar-refractivity contribution in [2.24, 2.45) is 0 Å². The molecule has 0 N–H and O–H groups in total. The maximum absolute atomic E-state index is 13.3. The van der Waals surface area contributed by atoms with Crippen LogP contribution in [0, 0.1) is 6.92 Å². The van der Waals surface area contributed by atoms with Crippen LogP contribution in [0.2, 0.25) is 15.1 Å². The Kier molecular flexibility index (Phi) is 6.38. The molecule has 0 saturated heterocycles. The Morgan fingerprint density at radius 1 is 0.969 bits per heavy atom. The van der Waals surface area contributed by atoms with Gasteiger partial charge in [0.15, 0.2) is 11.3 Å². The molecule has 0 fully saturated rings. The second kappa shape index (κ2) is 9.21. The number of carbonyl (C=O) groups excluding carboxylic acids is 1. The lowest BCUT2D eigenvalue weighted by atomic mass is 10.1. The van der Waals surface area contributed by atoms with Gasteiger partial charge in [-0.15, -0.1) is 0 Å². The maximum Gasteiger partial charge on any atom is 0.336 e. The molecule has 32 heavy (non-hydrogen) atoms. The number of hydrogen-bond acceptors (Lipinski definition) is 4. The monoisotopic (exact) mass is 484 g/mol. The van der Waals surface area contributed by atoms with Crippen molar-refractivity contribution in [2.45, 2.75) is 6.92 Å². The molecular weight excluding hydrogens is 471 g/mol. The highest BCUT2D eigenvalue weighted by molar-refractivity contribution is 6.38. The summed E-state index contributed by atoms with van der Waals surface area (Å²) in [4.78, 5) is 25.8. The number of ether oxygens (including phenoxy) is 1. The molecule has 0 bridgehead atoms. The zero-order valence-electron chi connectivity index (χ0n) is 16.7. The van der Waals surface area contributed by atoms with Crippen molar-refractivity contribution in [3.05, 3.63) is 103 Å². The van der Waals surface area contributed by atoms with Gasteiger partial charge in [-0.3, -0.25) is 4.79 Å². The van der Waals surface area contributed by atoms with Crippen molar-refractivity contribution in [1.29, 1.82) is 0 Å². The van der Waals surface area contributed by atoms with Crippen LogP contribution in [-0.2, 0) is 4.79 Å². The van der Waals surface area contributed by atoms with Gasteiger partial charge in [0, 0.05) is 21.7 Å². The van der Waals surface area contributed by atoms with Crippen molar-refractivity contribution >= 4 is 57.8 Å². The van der Waals surface area contributed by atoms with Gasteiger partial charge < -0.3 is 9.15 Å². The first-order valence-electron chi connectivity index (χ1n) is 9.51. The van der Waals surface area contributed by atoms with Gasteiger partial charge in [-0.2, -0.15) is 0 Å². The lowest BCUT2D eigenvalue weighted by Crippen LogP contribution is -2.14. The summed E-state index contributed by atoms with van der Waals surface area (Å²) in [6.07, 6.45) is 2.70. The molecule has 3 aromatic carbocycles. The molecule has 1 aromatic heterocycles. The number of fused-ring (bicyclic) bond motifs is 1. The summed E-state index contributed by atoms with van der Waals surface area (Å²) in [5.74, 6) is -0.933. The van der Waals surface area contributed by atoms with Crippen LogP contribution in [0.25, 0.3) is 28.4 Å². The van der Waals surface area contributed by atoms with Crippen molar-refractivity contribution in [1.82, 2.24) is 0 Å². The van der Waals surface area contributed by atoms with E-state index in [1.54, 1.807) is 36.4 Å². The van der Waals surface area contributed by atoms with Crippen LogP contribution >= 0.6 is 34.8 Å². The third kappa shape index (κ3) is 4.58. The Hall–Kier alpha value is -3.05. The number of halogens is 3. The second-order valence-corrected chi connectivity index (χ2v) is 8.25. The summed E-state index contributed by atoms with van der Waals surface area (Å²) in [5, 5.41) is 1.02. The number of carbonyl (C=O) groups is 1. The van der Waals surface area contributed by atoms with E-state index >= 15 is 0 Å². The Morgan fingerprint density at radius 3 is 2.41 bits per heavy atom. The van der Waals surface area contributed by atoms with Crippen LogP contribution in [0.1, 0.15) is 11.1 Å². The highest BCUT2D eigenvalue weighted by atomic mass is 35.5. The molecule has 160 valence electrons. The molecule has 4 aromatic rings. The zero-order valence-corrected chi connectivity index (χ0v) is 19.0. The first-order chi connectivity index (χ1) is 15.3. The maximum atomic E-state index is 13.3. The molecule has 0 aliphatic carbocycles. The lowest BCUT2D eigenvalue weighted by Gasteiger charge is -2.11. The molecule has 4 nitrogen and oxygen atoms in total. The molecule has 7 heteroatoms. The number of benzene rings is 3. The predicted molar refractivity (Wildman–Crippen MR) is 129 cm³/mol. The van der Waals surface area contributed by atoms with Gasteiger partial charge in [0.05, 0.1) is 10.4 Å². The molecule has 0 aliphatic rings. The molecule has 0 saturated carbocycles. The molecule has 0 unspecified atom stereocenters. The Bertz CT molecular complexity index is 1420. The molecule has 1 heterocycles. The van der Waals surface area contributed by atoms with Crippen LogP contribution in [0.15, 0.2) is 76.0 Å². The van der Waals surface area contributed by atoms with E-state index in [9.17, 15) is 9.59 Å². The highest BCUT2D eigenvalue weighted by Gasteiger charge is 2.21. The average Bonchev–Trinajstić information content (AvgIpc) is 2.76. The zero-order chi connectivity index (χ0) is 22.8. The van der Waals surface area contributed by atoms with Gasteiger partial charge in [-0.25, -0.2) is 4.79 Å². The summed E-state index contributed by atoms with van der Waals surface area (Å²) in [6, 6.07) is 17.2. The fourth-order valence-electron chi connectivity index (χ4n) is 3.10. The minimum Gasteiger partial charge on any atom is -0.450 e. The van der Waals surface area contributed by atoms with Crippen LogP contribution in [0.3, 0.4) is 0 Å². The van der Waals surface area contributed by atoms with E-state index in [0.717, 1.165) is 5.56 Å². The van der Waals surface area contributed by atoms with Gasteiger partial charge in [0.25, 0.3) is 0 Å². The van der Waals surface area contributed by atoms with Crippen LogP contribution < -0.4 is 10.2 Å². The van der Waals surface area contributed by atoms with Crippen LogP contribution in [0.5, 0.6) is 5.75 Å². The van der Waals surface area contributed by atoms with E-state index in [1.165, 1.54) is 24.3 Å².